The highest BCUT2D eigenvalue weighted by Gasteiger charge is 2.25. The van der Waals surface area contributed by atoms with Crippen molar-refractivity contribution in [2.75, 3.05) is 25.5 Å². The first-order chi connectivity index (χ1) is 8.19. The summed E-state index contributed by atoms with van der Waals surface area (Å²) >= 11 is 0. The summed E-state index contributed by atoms with van der Waals surface area (Å²) in [7, 11) is 2.19. The first kappa shape index (κ1) is 12.2. The minimum absolute atomic E-state index is 0.563. The Kier molecular flexibility index (Phi) is 3.89. The average molecular weight is 234 g/mol. The van der Waals surface area contributed by atoms with Crippen LogP contribution in [0.15, 0.2) is 24.3 Å². The molecule has 94 valence electrons. The molecule has 3 heteroatoms. The van der Waals surface area contributed by atoms with Gasteiger partial charge in [0.2, 0.25) is 0 Å². The van der Waals surface area contributed by atoms with E-state index in [-0.39, 0.29) is 0 Å². The fourth-order valence-electron chi connectivity index (χ4n) is 2.35. The van der Waals surface area contributed by atoms with Crippen LogP contribution in [0.2, 0.25) is 0 Å². The Balaban J connectivity index is 1.91. The van der Waals surface area contributed by atoms with Gasteiger partial charge < -0.3 is 15.0 Å². The Bertz CT molecular complexity index is 340. The molecule has 1 heterocycles. The van der Waals surface area contributed by atoms with Gasteiger partial charge in [0.25, 0.3) is 0 Å². The number of ether oxygens (including phenoxy) is 1. The fourth-order valence-corrected chi connectivity index (χ4v) is 2.35. The van der Waals surface area contributed by atoms with Crippen LogP contribution in [0.25, 0.3) is 0 Å². The maximum absolute atomic E-state index is 5.43. The molecule has 2 unspecified atom stereocenters. The summed E-state index contributed by atoms with van der Waals surface area (Å²) in [5.41, 5.74) is 1.18. The number of rotatable bonds is 4. The van der Waals surface area contributed by atoms with Crippen LogP contribution in [0.4, 0.5) is 5.69 Å². The highest BCUT2D eigenvalue weighted by Crippen LogP contribution is 2.21. The topological polar surface area (TPSA) is 24.5 Å². The molecule has 0 saturated carbocycles. The molecule has 1 aliphatic heterocycles. The van der Waals surface area contributed by atoms with Crippen molar-refractivity contribution in [2.24, 2.45) is 0 Å². The summed E-state index contributed by atoms with van der Waals surface area (Å²) in [6.07, 6.45) is 1.21. The average Bonchev–Trinajstić information content (AvgIpc) is 2.61. The number of hydrogen-bond acceptors (Lipinski definition) is 3. The molecule has 0 aliphatic carbocycles. The van der Waals surface area contributed by atoms with E-state index in [0.717, 1.165) is 18.9 Å². The van der Waals surface area contributed by atoms with E-state index in [4.69, 9.17) is 4.74 Å². The third-order valence-corrected chi connectivity index (χ3v) is 3.42. The molecule has 2 rings (SSSR count). The van der Waals surface area contributed by atoms with E-state index in [1.54, 1.807) is 0 Å². The lowest BCUT2D eigenvalue weighted by atomic mass is 10.2. The van der Waals surface area contributed by atoms with Crippen molar-refractivity contribution in [3.63, 3.8) is 0 Å². The minimum atomic E-state index is 0.563. The molecular weight excluding hydrogens is 212 g/mol. The number of likely N-dealkylation sites (tertiary alicyclic amines) is 1. The number of nitrogens with zero attached hydrogens (tertiary/aromatic N) is 1. The Labute approximate surface area is 104 Å². The summed E-state index contributed by atoms with van der Waals surface area (Å²) in [5.74, 6) is 0.940. The Morgan fingerprint density at radius 1 is 1.35 bits per heavy atom. The van der Waals surface area contributed by atoms with Gasteiger partial charge in [-0.05, 0) is 51.6 Å². The normalized spacial score (nSPS) is 24.9. The van der Waals surface area contributed by atoms with Crippen LogP contribution in [-0.4, -0.2) is 37.2 Å². The van der Waals surface area contributed by atoms with Gasteiger partial charge in [-0.2, -0.15) is 0 Å². The van der Waals surface area contributed by atoms with Gasteiger partial charge in [-0.25, -0.2) is 0 Å². The van der Waals surface area contributed by atoms with Crippen LogP contribution < -0.4 is 10.1 Å². The standard InChI is InChI=1S/C14H22N2O/c1-4-17-14-7-5-12(6-8-14)15-13-9-11(2)16(3)10-13/h5-8,11,13,15H,4,9-10H2,1-3H3. The van der Waals surface area contributed by atoms with Gasteiger partial charge >= 0.3 is 0 Å². The number of hydrogen-bond donors (Lipinski definition) is 1. The molecule has 0 aromatic heterocycles. The molecule has 1 aromatic rings. The quantitative estimate of drug-likeness (QED) is 0.866. The van der Waals surface area contributed by atoms with Crippen LogP contribution in [0, 0.1) is 0 Å². The molecule has 2 atom stereocenters. The lowest BCUT2D eigenvalue weighted by Crippen LogP contribution is -2.24. The van der Waals surface area contributed by atoms with Crippen LogP contribution in [-0.2, 0) is 0 Å². The van der Waals surface area contributed by atoms with Gasteiger partial charge in [-0.15, -0.1) is 0 Å². The lowest BCUT2D eigenvalue weighted by molar-refractivity contribution is 0.330. The van der Waals surface area contributed by atoms with Crippen molar-refractivity contribution in [1.29, 1.82) is 0 Å². The molecule has 0 spiro atoms. The summed E-state index contributed by atoms with van der Waals surface area (Å²) in [6.45, 7) is 6.12. The van der Waals surface area contributed by atoms with Gasteiger partial charge in [0.15, 0.2) is 0 Å². The molecule has 17 heavy (non-hydrogen) atoms. The smallest absolute Gasteiger partial charge is 0.119 e. The van der Waals surface area contributed by atoms with Crippen molar-refractivity contribution in [3.05, 3.63) is 24.3 Å². The molecule has 0 radical (unpaired) electrons. The largest absolute Gasteiger partial charge is 0.494 e. The van der Waals surface area contributed by atoms with Crippen LogP contribution in [0.5, 0.6) is 5.75 Å². The van der Waals surface area contributed by atoms with E-state index in [9.17, 15) is 0 Å². The molecule has 1 aromatic carbocycles. The third kappa shape index (κ3) is 3.13. The van der Waals surface area contributed by atoms with Gasteiger partial charge in [-0.1, -0.05) is 0 Å². The molecule has 0 bridgehead atoms. The summed E-state index contributed by atoms with van der Waals surface area (Å²) in [6, 6.07) is 9.47. The van der Waals surface area contributed by atoms with Gasteiger partial charge in [-0.3, -0.25) is 0 Å². The fraction of sp³-hybridized carbons (Fsp3) is 0.571. The minimum Gasteiger partial charge on any atom is -0.494 e. The SMILES string of the molecule is CCOc1ccc(NC2CC(C)N(C)C2)cc1. The van der Waals surface area contributed by atoms with Crippen LogP contribution in [0.1, 0.15) is 20.3 Å². The summed E-state index contributed by atoms with van der Waals surface area (Å²) < 4.78 is 5.43. The summed E-state index contributed by atoms with van der Waals surface area (Å²) in [4.78, 5) is 2.40. The molecule has 1 saturated heterocycles. The number of nitrogens with one attached hydrogen (secondary N) is 1. The molecule has 1 aliphatic rings. The monoisotopic (exact) mass is 234 g/mol. The first-order valence-electron chi connectivity index (χ1n) is 6.38. The van der Waals surface area contributed by atoms with Crippen molar-refractivity contribution in [2.45, 2.75) is 32.4 Å². The first-order valence-corrected chi connectivity index (χ1v) is 6.38. The van der Waals surface area contributed by atoms with E-state index in [0.29, 0.717) is 12.1 Å². The van der Waals surface area contributed by atoms with E-state index < -0.39 is 0 Å². The second-order valence-electron chi connectivity index (χ2n) is 4.82. The molecule has 1 N–H and O–H groups in total. The van der Waals surface area contributed by atoms with E-state index in [1.165, 1.54) is 12.1 Å². The van der Waals surface area contributed by atoms with Crippen molar-refractivity contribution >= 4 is 5.69 Å². The molecule has 0 amide bonds. The van der Waals surface area contributed by atoms with Gasteiger partial charge in [0, 0.05) is 24.3 Å². The van der Waals surface area contributed by atoms with Gasteiger partial charge in [0.1, 0.15) is 5.75 Å². The molecule has 3 nitrogen and oxygen atoms in total. The van der Waals surface area contributed by atoms with Crippen molar-refractivity contribution in [3.8, 4) is 5.75 Å². The number of benzene rings is 1. The Morgan fingerprint density at radius 3 is 2.59 bits per heavy atom. The van der Waals surface area contributed by atoms with Crippen molar-refractivity contribution in [1.82, 2.24) is 4.90 Å². The predicted octanol–water partition coefficient (Wildman–Crippen LogP) is 2.59. The predicted molar refractivity (Wildman–Crippen MR) is 71.7 cm³/mol. The zero-order valence-electron chi connectivity index (χ0n) is 10.9. The number of likely N-dealkylation sites (N-methyl/N-ethyl adjacent to an activating group) is 1. The zero-order chi connectivity index (χ0) is 12.3. The maximum Gasteiger partial charge on any atom is 0.119 e. The third-order valence-electron chi connectivity index (χ3n) is 3.42. The number of anilines is 1. The van der Waals surface area contributed by atoms with E-state index >= 15 is 0 Å². The van der Waals surface area contributed by atoms with Crippen molar-refractivity contribution < 1.29 is 4.74 Å². The van der Waals surface area contributed by atoms with E-state index in [2.05, 4.69) is 36.3 Å². The highest BCUT2D eigenvalue weighted by molar-refractivity contribution is 5.47. The van der Waals surface area contributed by atoms with Crippen LogP contribution >= 0.6 is 0 Å². The second kappa shape index (κ2) is 5.41. The highest BCUT2D eigenvalue weighted by atomic mass is 16.5. The maximum atomic E-state index is 5.43. The van der Waals surface area contributed by atoms with E-state index in [1.807, 2.05) is 19.1 Å². The Morgan fingerprint density at radius 2 is 2.06 bits per heavy atom. The summed E-state index contributed by atoms with van der Waals surface area (Å²) in [5, 5.41) is 3.57. The second-order valence-corrected chi connectivity index (χ2v) is 4.82. The molecular formula is C14H22N2O. The Hall–Kier alpha value is -1.22. The molecule has 1 fully saturated rings. The van der Waals surface area contributed by atoms with Crippen LogP contribution in [0.3, 0.4) is 0 Å². The van der Waals surface area contributed by atoms with Gasteiger partial charge in [0.05, 0.1) is 6.61 Å². The lowest BCUT2D eigenvalue weighted by Gasteiger charge is -2.14. The zero-order valence-corrected chi connectivity index (χ0v) is 10.9.